The molecule has 0 bridgehead atoms. The van der Waals surface area contributed by atoms with Crippen LogP contribution in [0.25, 0.3) is 0 Å². The molecule has 3 rings (SSSR count). The Morgan fingerprint density at radius 2 is 1.92 bits per heavy atom. The van der Waals surface area contributed by atoms with Gasteiger partial charge in [0.15, 0.2) is 0 Å². The van der Waals surface area contributed by atoms with E-state index in [2.05, 4.69) is 25.5 Å². The Kier molecular flexibility index (Phi) is 1.96. The van der Waals surface area contributed by atoms with E-state index in [1.807, 2.05) is 0 Å². The number of benzene rings is 2. The second-order valence-corrected chi connectivity index (χ2v) is 5.13. The molecule has 0 aromatic heterocycles. The van der Waals surface area contributed by atoms with Crippen molar-refractivity contribution in [3.05, 3.63) is 64.0 Å². The highest BCUT2D eigenvalue weighted by Gasteiger charge is 2.43. The zero-order valence-corrected chi connectivity index (χ0v) is 13.3. The lowest BCUT2D eigenvalue weighted by Gasteiger charge is -2.40. The molecule has 5 N–H and O–H groups in total. The first-order valence-corrected chi connectivity index (χ1v) is 7.18. The van der Waals surface area contributed by atoms with Crippen LogP contribution >= 0.6 is 11.6 Å². The molecule has 1 aliphatic heterocycles. The summed E-state index contributed by atoms with van der Waals surface area (Å²) in [7, 11) is 0. The zero-order chi connectivity index (χ0) is 34.9. The number of ether oxygens (including phenoxy) is 1. The van der Waals surface area contributed by atoms with Crippen LogP contribution in [-0.4, -0.2) is 63.6 Å². The van der Waals surface area contributed by atoms with Crippen molar-refractivity contribution >= 4 is 11.6 Å². The Morgan fingerprint density at radius 3 is 2.62 bits per heavy atom. The van der Waals surface area contributed by atoms with E-state index in [0.717, 1.165) is 0 Å². The van der Waals surface area contributed by atoms with Gasteiger partial charge in [0.1, 0.15) is 36.1 Å². The summed E-state index contributed by atoms with van der Waals surface area (Å²) in [4.78, 5) is 0. The molecule has 7 heteroatoms. The van der Waals surface area contributed by atoms with Crippen molar-refractivity contribution in [1.82, 2.24) is 0 Å². The number of phenols is 1. The van der Waals surface area contributed by atoms with Crippen molar-refractivity contribution in [2.24, 2.45) is 0 Å². The fourth-order valence-electron chi connectivity index (χ4n) is 1.89. The van der Waals surface area contributed by atoms with Gasteiger partial charge in [0, 0.05) is 7.76 Å². The monoisotopic (exact) mass is 399 g/mol. The predicted octanol–water partition coefficient (Wildman–Crippen LogP) is 1.15. The summed E-state index contributed by atoms with van der Waals surface area (Å²) >= 11 is 6.20. The average Bonchev–Trinajstić information content (AvgIpc) is 2.97. The largest absolute Gasteiger partial charge is 0.508 e. The first-order valence-electron chi connectivity index (χ1n) is 15.8. The summed E-state index contributed by atoms with van der Waals surface area (Å²) in [6.07, 6.45) is -22.8. The molecule has 1 heterocycles. The van der Waals surface area contributed by atoms with Crippen LogP contribution in [0.2, 0.25) is 5.02 Å². The molecular weight excluding hydrogens is 360 g/mol. The van der Waals surface area contributed by atoms with Crippen LogP contribution in [0.4, 0.5) is 0 Å². The van der Waals surface area contributed by atoms with E-state index < -0.39 is 113 Å². The highest BCUT2D eigenvalue weighted by molar-refractivity contribution is 6.31. The SMILES string of the molecule is [2H]OC[C@@]1([2H])O[C@@]([2H])(c2c([2H])c([2H])c(Cl)c(C([2H])([2H])c3c([2H])c([2H])c(O[2H])c([2H])c3[2H])c2[2H])[C@]([2H])(O[2H])[C@@]([2H])(O[2H])[C@]1([2H])O[2H]. The standard InChI is InChI=1S/C19H21ClO6/c20-14-6-3-11(8-12(14)7-10-1-4-13(22)5-2-10)19-18(25)17(24)16(23)15(9-21)26-19/h1-6,8,15-19,21-25H,7,9H2/t15-,16-,17+,18-,19+/m1/s1/i1D,2D,3D,4D,5D,6D,7D2,8D,15D,16D,17D,18D,19D,21D,23D,24D,25D/hD. The molecular formula is C19H21ClO6. The topological polar surface area (TPSA) is 110 Å². The van der Waals surface area contributed by atoms with Crippen molar-refractivity contribution in [3.63, 3.8) is 0 Å². The summed E-state index contributed by atoms with van der Waals surface area (Å²) in [6, 6.07) is -8.43. The minimum absolute atomic E-state index is 0.904. The molecule has 0 unspecified atom stereocenters. The van der Waals surface area contributed by atoms with Gasteiger partial charge < -0.3 is 30.3 Å². The van der Waals surface area contributed by atoms with Crippen molar-refractivity contribution in [2.45, 2.75) is 36.8 Å². The van der Waals surface area contributed by atoms with Crippen LogP contribution in [-0.2, 0) is 11.1 Å². The van der Waals surface area contributed by atoms with E-state index in [9.17, 15) is 0 Å². The molecule has 0 radical (unpaired) electrons. The van der Waals surface area contributed by atoms with E-state index in [0.29, 0.717) is 0 Å². The Balaban J connectivity index is 2.58. The number of hydrogen-bond donors (Lipinski definition) is 5. The average molecular weight is 400 g/mol. The number of phenolic OH excluding ortho intramolecular Hbond substituents is 1. The number of aliphatic hydroxyl groups is 4. The van der Waals surface area contributed by atoms with Gasteiger partial charge in [-0.05, 0) is 41.2 Å². The van der Waals surface area contributed by atoms with Gasteiger partial charge in [0.05, 0.1) is 23.1 Å². The molecule has 1 aliphatic rings. The minimum Gasteiger partial charge on any atom is -0.508 e. The van der Waals surface area contributed by atoms with Crippen LogP contribution in [0.15, 0.2) is 42.3 Å². The molecule has 140 valence electrons. The van der Waals surface area contributed by atoms with Crippen molar-refractivity contribution < 1.29 is 49.5 Å². The van der Waals surface area contributed by atoms with Gasteiger partial charge in [-0.1, -0.05) is 35.8 Å². The van der Waals surface area contributed by atoms with Gasteiger partial charge >= 0.3 is 0 Å². The fraction of sp³-hybridized carbons (Fsp3) is 0.368. The van der Waals surface area contributed by atoms with Crippen LogP contribution in [0.5, 0.6) is 5.75 Å². The first-order chi connectivity index (χ1) is 20.5. The maximum Gasteiger partial charge on any atom is 0.293 e. The van der Waals surface area contributed by atoms with Gasteiger partial charge in [-0.25, -0.2) is 0 Å². The number of rotatable bonds is 9. The Morgan fingerprint density at radius 1 is 1.12 bits per heavy atom. The molecule has 2 aromatic rings. The highest BCUT2D eigenvalue weighted by atomic mass is 35.5. The Hall–Kier alpha value is -1.67. The summed E-state index contributed by atoms with van der Waals surface area (Å²) < 4.78 is 161. The molecule has 5 atom stereocenters. The molecule has 26 heavy (non-hydrogen) atoms. The second kappa shape index (κ2) is 7.92. The van der Waals surface area contributed by atoms with E-state index in [1.54, 1.807) is 0 Å². The normalized spacial score (nSPS) is 53.7. The molecule has 0 saturated carbocycles. The quantitative estimate of drug-likeness (QED) is 0.432. The Labute approximate surface area is 183 Å². The number of aromatic hydroxyl groups is 1. The van der Waals surface area contributed by atoms with Gasteiger partial charge in [0.25, 0.3) is 1.43 Å². The smallest absolute Gasteiger partial charge is 0.293 e. The predicted molar refractivity (Wildman–Crippen MR) is 95.1 cm³/mol. The lowest BCUT2D eigenvalue weighted by atomic mass is 9.90. The first kappa shape index (κ1) is 6.44. The molecule has 6 nitrogen and oxygen atoms in total. The van der Waals surface area contributed by atoms with Gasteiger partial charge in [-0.15, -0.1) is 0 Å². The van der Waals surface area contributed by atoms with Gasteiger partial charge in [0.2, 0.25) is 5.72 Å². The lowest BCUT2D eigenvalue weighted by molar-refractivity contribution is -0.231. The summed E-state index contributed by atoms with van der Waals surface area (Å²) in [5.41, 5.74) is -3.87. The van der Waals surface area contributed by atoms with E-state index in [1.165, 1.54) is 0 Å². The third-order valence-electron chi connectivity index (χ3n) is 3.07. The number of aliphatic hydroxyl groups excluding tert-OH is 1. The lowest BCUT2D eigenvalue weighted by Crippen LogP contribution is -2.55. The third-order valence-corrected chi connectivity index (χ3v) is 3.36. The fourth-order valence-corrected chi connectivity index (χ4v) is 2.03. The molecule has 1 saturated heterocycles. The molecule has 0 amide bonds. The summed E-state index contributed by atoms with van der Waals surface area (Å²) in [5, 5.41) is 19.6. The Bertz CT molecular complexity index is 1490. The highest BCUT2D eigenvalue weighted by Crippen LogP contribution is 2.34. The summed E-state index contributed by atoms with van der Waals surface area (Å²) in [5.74, 6) is -0.904. The second-order valence-electron chi connectivity index (χ2n) is 4.75. The maximum absolute atomic E-state index is 9.09. The van der Waals surface area contributed by atoms with Gasteiger partial charge in [-0.2, -0.15) is 0 Å². The van der Waals surface area contributed by atoms with Crippen molar-refractivity contribution in [2.75, 3.05) is 6.61 Å². The van der Waals surface area contributed by atoms with Crippen LogP contribution in [0.3, 0.4) is 0 Å². The van der Waals surface area contributed by atoms with Crippen molar-refractivity contribution in [1.29, 1.82) is 7.16 Å². The van der Waals surface area contributed by atoms with Crippen LogP contribution in [0, 0.1) is 0 Å². The van der Waals surface area contributed by atoms with Gasteiger partial charge in [-0.3, -0.25) is 0 Å². The zero-order valence-electron chi connectivity index (χ0n) is 31.5. The summed E-state index contributed by atoms with van der Waals surface area (Å²) in [6.45, 7) is -1.52. The van der Waals surface area contributed by atoms with E-state index in [4.69, 9.17) is 42.7 Å². The van der Waals surface area contributed by atoms with E-state index in [-0.39, 0.29) is 0 Å². The number of halogens is 1. The third kappa shape index (κ3) is 3.86. The molecule has 1 fully saturated rings. The van der Waals surface area contributed by atoms with Crippen LogP contribution in [0.1, 0.15) is 42.0 Å². The molecule has 0 aliphatic carbocycles. The maximum atomic E-state index is 9.09. The molecule has 2 aromatic carbocycles. The van der Waals surface area contributed by atoms with Crippen LogP contribution < -0.4 is 0 Å². The molecule has 0 spiro atoms. The van der Waals surface area contributed by atoms with Crippen molar-refractivity contribution in [3.8, 4) is 5.75 Å². The minimum atomic E-state index is -4.07. The number of hydrogen-bond acceptors (Lipinski definition) is 6. The van der Waals surface area contributed by atoms with E-state index >= 15 is 0 Å².